The third kappa shape index (κ3) is 4.32. The standard InChI is InChI=1S/C11H20N2O4/c1-3-12-5-4-9(14)13-7-11(2,8-13)17-6-10(15)16/h12H,3-8H2,1-2H3,(H,15,16). The molecule has 2 N–H and O–H groups in total. The van der Waals surface area contributed by atoms with Gasteiger partial charge in [-0.1, -0.05) is 6.92 Å². The maximum atomic E-state index is 11.6. The topological polar surface area (TPSA) is 78.9 Å². The Balaban J connectivity index is 2.20. The summed E-state index contributed by atoms with van der Waals surface area (Å²) in [6.07, 6.45) is 0.475. The molecule has 1 amide bonds. The van der Waals surface area contributed by atoms with Gasteiger partial charge in [0.15, 0.2) is 0 Å². The van der Waals surface area contributed by atoms with Gasteiger partial charge in [-0.25, -0.2) is 4.79 Å². The van der Waals surface area contributed by atoms with Crippen LogP contribution in [0.1, 0.15) is 20.3 Å². The SMILES string of the molecule is CCNCCC(=O)N1CC(C)(OCC(=O)O)C1. The molecule has 1 aliphatic heterocycles. The van der Waals surface area contributed by atoms with Gasteiger partial charge in [-0.15, -0.1) is 0 Å². The van der Waals surface area contributed by atoms with Crippen LogP contribution in [0.3, 0.4) is 0 Å². The van der Waals surface area contributed by atoms with Crippen molar-refractivity contribution in [3.8, 4) is 0 Å². The van der Waals surface area contributed by atoms with Crippen LogP contribution in [-0.2, 0) is 14.3 Å². The average molecular weight is 244 g/mol. The van der Waals surface area contributed by atoms with Gasteiger partial charge in [-0.2, -0.15) is 0 Å². The lowest BCUT2D eigenvalue weighted by molar-refractivity contribution is -0.173. The van der Waals surface area contributed by atoms with E-state index in [9.17, 15) is 9.59 Å². The second kappa shape index (κ2) is 5.97. The van der Waals surface area contributed by atoms with E-state index in [0.29, 0.717) is 26.1 Å². The van der Waals surface area contributed by atoms with Crippen LogP contribution in [0.15, 0.2) is 0 Å². The fraction of sp³-hybridized carbons (Fsp3) is 0.818. The predicted octanol–water partition coefficient (Wildman–Crippen LogP) is -0.312. The first-order valence-electron chi connectivity index (χ1n) is 5.81. The van der Waals surface area contributed by atoms with Crippen LogP contribution in [0.2, 0.25) is 0 Å². The van der Waals surface area contributed by atoms with Crippen molar-refractivity contribution >= 4 is 11.9 Å². The molecule has 0 aromatic carbocycles. The smallest absolute Gasteiger partial charge is 0.329 e. The molecule has 6 nitrogen and oxygen atoms in total. The molecule has 0 aromatic rings. The maximum Gasteiger partial charge on any atom is 0.329 e. The number of rotatable bonds is 7. The van der Waals surface area contributed by atoms with Crippen molar-refractivity contribution in [2.45, 2.75) is 25.9 Å². The maximum absolute atomic E-state index is 11.6. The van der Waals surface area contributed by atoms with Crippen LogP contribution >= 0.6 is 0 Å². The molecule has 0 bridgehead atoms. The van der Waals surface area contributed by atoms with Gasteiger partial charge >= 0.3 is 5.97 Å². The predicted molar refractivity (Wildman–Crippen MR) is 61.7 cm³/mol. The lowest BCUT2D eigenvalue weighted by Gasteiger charge is -2.47. The van der Waals surface area contributed by atoms with Crippen LogP contribution in [0.5, 0.6) is 0 Å². The number of nitrogens with one attached hydrogen (secondary N) is 1. The molecule has 1 heterocycles. The normalized spacial score (nSPS) is 17.6. The van der Waals surface area contributed by atoms with Crippen LogP contribution in [-0.4, -0.2) is 60.3 Å². The van der Waals surface area contributed by atoms with E-state index in [1.165, 1.54) is 0 Å². The van der Waals surface area contributed by atoms with Gasteiger partial charge in [0.1, 0.15) is 12.2 Å². The second-order valence-corrected chi connectivity index (χ2v) is 4.49. The van der Waals surface area contributed by atoms with Gasteiger partial charge in [-0.05, 0) is 13.5 Å². The van der Waals surface area contributed by atoms with Gasteiger partial charge in [0.25, 0.3) is 0 Å². The number of aliphatic carboxylic acids is 1. The first kappa shape index (κ1) is 13.9. The van der Waals surface area contributed by atoms with Crippen molar-refractivity contribution in [1.82, 2.24) is 10.2 Å². The molecule has 6 heteroatoms. The zero-order valence-corrected chi connectivity index (χ0v) is 10.4. The van der Waals surface area contributed by atoms with Gasteiger partial charge in [-0.3, -0.25) is 4.79 Å². The summed E-state index contributed by atoms with van der Waals surface area (Å²) in [6.45, 7) is 5.99. The molecule has 1 fully saturated rings. The minimum atomic E-state index is -0.983. The summed E-state index contributed by atoms with van der Waals surface area (Å²) in [7, 11) is 0. The van der Waals surface area contributed by atoms with Crippen molar-refractivity contribution in [1.29, 1.82) is 0 Å². The summed E-state index contributed by atoms with van der Waals surface area (Å²) in [5.74, 6) is -0.898. The van der Waals surface area contributed by atoms with Crippen LogP contribution in [0.25, 0.3) is 0 Å². The fourth-order valence-electron chi connectivity index (χ4n) is 1.79. The molecule has 0 spiro atoms. The minimum absolute atomic E-state index is 0.0855. The summed E-state index contributed by atoms with van der Waals surface area (Å²) in [4.78, 5) is 23.7. The number of ether oxygens (including phenoxy) is 1. The Morgan fingerprint density at radius 1 is 1.47 bits per heavy atom. The molecule has 98 valence electrons. The first-order chi connectivity index (χ1) is 7.97. The van der Waals surface area contributed by atoms with E-state index in [4.69, 9.17) is 9.84 Å². The molecule has 0 saturated carbocycles. The molecule has 1 saturated heterocycles. The summed E-state index contributed by atoms with van der Waals surface area (Å²) in [5, 5.41) is 11.6. The molecule has 17 heavy (non-hydrogen) atoms. The Hall–Kier alpha value is -1.14. The van der Waals surface area contributed by atoms with Gasteiger partial charge in [0, 0.05) is 13.0 Å². The number of likely N-dealkylation sites (tertiary alicyclic amines) is 1. The monoisotopic (exact) mass is 244 g/mol. The van der Waals surface area contributed by atoms with Crippen LogP contribution < -0.4 is 5.32 Å². The number of carbonyl (C=O) groups excluding carboxylic acids is 1. The molecule has 1 rings (SSSR count). The Bertz CT molecular complexity index is 287. The number of carboxylic acids is 1. The Morgan fingerprint density at radius 3 is 2.65 bits per heavy atom. The Labute approximate surface area is 101 Å². The zero-order chi connectivity index (χ0) is 12.9. The molecule has 0 radical (unpaired) electrons. The lowest BCUT2D eigenvalue weighted by atomic mass is 9.96. The molecule has 0 unspecified atom stereocenters. The number of carboxylic acid groups (broad SMARTS) is 1. The first-order valence-corrected chi connectivity index (χ1v) is 5.81. The molecule has 0 atom stereocenters. The highest BCUT2D eigenvalue weighted by Crippen LogP contribution is 2.24. The molecular formula is C11H20N2O4. The van der Waals surface area contributed by atoms with Crippen molar-refractivity contribution < 1.29 is 19.4 Å². The number of amides is 1. The van der Waals surface area contributed by atoms with E-state index in [2.05, 4.69) is 5.32 Å². The third-order valence-electron chi connectivity index (χ3n) is 2.71. The average Bonchev–Trinajstić information content (AvgIpc) is 2.22. The summed E-state index contributed by atoms with van der Waals surface area (Å²) in [6, 6.07) is 0. The highest BCUT2D eigenvalue weighted by Gasteiger charge is 2.42. The zero-order valence-electron chi connectivity index (χ0n) is 10.4. The van der Waals surface area contributed by atoms with Gasteiger partial charge < -0.3 is 20.1 Å². The van der Waals surface area contributed by atoms with E-state index in [1.807, 2.05) is 13.8 Å². The highest BCUT2D eigenvalue weighted by atomic mass is 16.5. The van der Waals surface area contributed by atoms with E-state index in [0.717, 1.165) is 6.54 Å². The fourth-order valence-corrected chi connectivity index (χ4v) is 1.79. The summed E-state index contributed by atoms with van der Waals surface area (Å²) in [5.41, 5.74) is -0.494. The molecule has 0 aliphatic carbocycles. The lowest BCUT2D eigenvalue weighted by Crippen LogP contribution is -2.63. The van der Waals surface area contributed by atoms with Crippen molar-refractivity contribution in [2.24, 2.45) is 0 Å². The van der Waals surface area contributed by atoms with Crippen molar-refractivity contribution in [2.75, 3.05) is 32.8 Å². The van der Waals surface area contributed by atoms with E-state index < -0.39 is 11.6 Å². The van der Waals surface area contributed by atoms with Crippen LogP contribution in [0, 0.1) is 0 Å². The van der Waals surface area contributed by atoms with Crippen LogP contribution in [0.4, 0.5) is 0 Å². The second-order valence-electron chi connectivity index (χ2n) is 4.49. The number of nitrogens with zero attached hydrogens (tertiary/aromatic N) is 1. The minimum Gasteiger partial charge on any atom is -0.480 e. The highest BCUT2D eigenvalue weighted by molar-refractivity contribution is 5.77. The van der Waals surface area contributed by atoms with Crippen molar-refractivity contribution in [3.63, 3.8) is 0 Å². The largest absolute Gasteiger partial charge is 0.480 e. The third-order valence-corrected chi connectivity index (χ3v) is 2.71. The van der Waals surface area contributed by atoms with Crippen molar-refractivity contribution in [3.05, 3.63) is 0 Å². The number of carbonyl (C=O) groups is 2. The Kier molecular flexibility index (Phi) is 4.89. The number of hydrogen-bond acceptors (Lipinski definition) is 4. The van der Waals surface area contributed by atoms with E-state index in [1.54, 1.807) is 4.90 Å². The molecule has 1 aliphatic rings. The van der Waals surface area contributed by atoms with Gasteiger partial charge in [0.05, 0.1) is 13.1 Å². The molecule has 0 aromatic heterocycles. The summed E-state index contributed by atoms with van der Waals surface area (Å²) < 4.78 is 5.22. The van der Waals surface area contributed by atoms with E-state index >= 15 is 0 Å². The Morgan fingerprint density at radius 2 is 2.12 bits per heavy atom. The summed E-state index contributed by atoms with van der Waals surface area (Å²) >= 11 is 0. The number of hydrogen-bond donors (Lipinski definition) is 2. The van der Waals surface area contributed by atoms with Gasteiger partial charge in [0.2, 0.25) is 5.91 Å². The van der Waals surface area contributed by atoms with E-state index in [-0.39, 0.29) is 12.5 Å². The quantitative estimate of drug-likeness (QED) is 0.600. The molecular weight excluding hydrogens is 224 g/mol.